The zero-order valence-corrected chi connectivity index (χ0v) is 18.2. The summed E-state index contributed by atoms with van der Waals surface area (Å²) in [6.45, 7) is 4.59. The van der Waals surface area contributed by atoms with Crippen LogP contribution in [0.5, 0.6) is 0 Å². The third kappa shape index (κ3) is 6.39. The summed E-state index contributed by atoms with van der Waals surface area (Å²) in [5.74, 6) is 2.21. The summed E-state index contributed by atoms with van der Waals surface area (Å²) in [4.78, 5) is 13.8. The van der Waals surface area contributed by atoms with E-state index >= 15 is 0 Å². The summed E-state index contributed by atoms with van der Waals surface area (Å²) >= 11 is 9.03. The molecule has 0 aliphatic heterocycles. The van der Waals surface area contributed by atoms with Crippen molar-refractivity contribution in [2.24, 2.45) is 0 Å². The number of hydrogen-bond donors (Lipinski definition) is 1. The number of benzene rings is 1. The number of para-hydroxylation sites is 2. The van der Waals surface area contributed by atoms with Crippen LogP contribution in [-0.4, -0.2) is 53.0 Å². The molecule has 3 rings (SSSR count). The summed E-state index contributed by atoms with van der Waals surface area (Å²) in [5.41, 5.74) is 4.37. The molecule has 0 unspecified atom stereocenters. The number of rotatable bonds is 12. The minimum atomic E-state index is 0.522. The van der Waals surface area contributed by atoms with Crippen molar-refractivity contribution in [3.05, 3.63) is 47.8 Å². The molecule has 0 aliphatic carbocycles. The Balaban J connectivity index is 1.46. The summed E-state index contributed by atoms with van der Waals surface area (Å²) in [6.07, 6.45) is 1.88. The van der Waals surface area contributed by atoms with Crippen LogP contribution >= 0.6 is 35.1 Å². The van der Waals surface area contributed by atoms with Crippen molar-refractivity contribution in [3.63, 3.8) is 0 Å². The zero-order valence-electron chi connectivity index (χ0n) is 15.8. The standard InChI is InChI=1S/C20H24ClN3O2S2/c1-15-18(14-28-20-23-16-4-2-3-5-17(16)24-20)22-8-6-19(15)27-13-12-26-11-10-25-9-7-21/h2-6,8H,7,9-14H2,1H3,(H,23,24). The average molecular weight is 438 g/mol. The van der Waals surface area contributed by atoms with E-state index in [9.17, 15) is 0 Å². The van der Waals surface area contributed by atoms with E-state index in [0.29, 0.717) is 32.3 Å². The minimum Gasteiger partial charge on any atom is -0.378 e. The zero-order chi connectivity index (χ0) is 19.6. The van der Waals surface area contributed by atoms with Gasteiger partial charge in [0.15, 0.2) is 5.16 Å². The van der Waals surface area contributed by atoms with E-state index < -0.39 is 0 Å². The van der Waals surface area contributed by atoms with Crippen LogP contribution in [0.15, 0.2) is 46.6 Å². The lowest BCUT2D eigenvalue weighted by Gasteiger charge is -2.10. The molecule has 2 aromatic heterocycles. The highest BCUT2D eigenvalue weighted by Gasteiger charge is 2.09. The molecule has 0 spiro atoms. The molecule has 150 valence electrons. The Hall–Kier alpha value is -1.25. The summed E-state index contributed by atoms with van der Waals surface area (Å²) in [7, 11) is 0. The molecule has 0 atom stereocenters. The number of nitrogens with zero attached hydrogens (tertiary/aromatic N) is 2. The molecule has 0 saturated heterocycles. The number of fused-ring (bicyclic) bond motifs is 1. The molecule has 0 saturated carbocycles. The molecular formula is C20H24ClN3O2S2. The van der Waals surface area contributed by atoms with Crippen LogP contribution in [0.3, 0.4) is 0 Å². The van der Waals surface area contributed by atoms with Crippen LogP contribution in [0.2, 0.25) is 0 Å². The molecule has 0 aliphatic rings. The summed E-state index contributed by atoms with van der Waals surface area (Å²) < 4.78 is 10.9. The molecule has 5 nitrogen and oxygen atoms in total. The van der Waals surface area contributed by atoms with Crippen molar-refractivity contribution in [1.29, 1.82) is 0 Å². The summed E-state index contributed by atoms with van der Waals surface area (Å²) in [6, 6.07) is 10.1. The molecule has 0 fully saturated rings. The molecule has 28 heavy (non-hydrogen) atoms. The van der Waals surface area contributed by atoms with Crippen LogP contribution in [0, 0.1) is 6.92 Å². The van der Waals surface area contributed by atoms with Gasteiger partial charge in [-0.25, -0.2) is 4.98 Å². The van der Waals surface area contributed by atoms with Crippen LogP contribution in [-0.2, 0) is 15.2 Å². The second-order valence-corrected chi connectivity index (χ2v) is 8.47. The fourth-order valence-electron chi connectivity index (χ4n) is 2.58. The quantitative estimate of drug-likeness (QED) is 0.246. The maximum atomic E-state index is 5.59. The lowest BCUT2D eigenvalue weighted by atomic mass is 10.2. The number of H-pyrrole nitrogens is 1. The number of hydrogen-bond acceptors (Lipinski definition) is 6. The van der Waals surface area contributed by atoms with Crippen LogP contribution < -0.4 is 0 Å². The van der Waals surface area contributed by atoms with Gasteiger partial charge < -0.3 is 14.5 Å². The van der Waals surface area contributed by atoms with Gasteiger partial charge in [0.2, 0.25) is 0 Å². The van der Waals surface area contributed by atoms with Gasteiger partial charge in [0.1, 0.15) is 0 Å². The number of alkyl halides is 1. The van der Waals surface area contributed by atoms with E-state index in [1.54, 1.807) is 23.5 Å². The first-order valence-corrected chi connectivity index (χ1v) is 11.6. The largest absolute Gasteiger partial charge is 0.378 e. The third-order valence-corrected chi connectivity index (χ3v) is 6.21. The van der Waals surface area contributed by atoms with Gasteiger partial charge in [-0.3, -0.25) is 4.98 Å². The highest BCUT2D eigenvalue weighted by molar-refractivity contribution is 7.99. The number of thioether (sulfide) groups is 2. The van der Waals surface area contributed by atoms with Gasteiger partial charge in [-0.2, -0.15) is 0 Å². The Morgan fingerprint density at radius 2 is 1.86 bits per heavy atom. The second-order valence-electron chi connectivity index (χ2n) is 5.99. The smallest absolute Gasteiger partial charge is 0.166 e. The first-order chi connectivity index (χ1) is 13.8. The molecule has 0 radical (unpaired) electrons. The Morgan fingerprint density at radius 3 is 2.68 bits per heavy atom. The molecular weight excluding hydrogens is 414 g/mol. The Morgan fingerprint density at radius 1 is 1.04 bits per heavy atom. The van der Waals surface area contributed by atoms with Gasteiger partial charge in [-0.15, -0.1) is 23.4 Å². The van der Waals surface area contributed by atoms with Crippen molar-refractivity contribution in [3.8, 4) is 0 Å². The van der Waals surface area contributed by atoms with E-state index in [-0.39, 0.29) is 0 Å². The van der Waals surface area contributed by atoms with Gasteiger partial charge in [-0.05, 0) is 30.7 Å². The van der Waals surface area contributed by atoms with Crippen molar-refractivity contribution in [1.82, 2.24) is 15.0 Å². The molecule has 3 aromatic rings. The van der Waals surface area contributed by atoms with Crippen LogP contribution in [0.25, 0.3) is 11.0 Å². The van der Waals surface area contributed by atoms with Crippen molar-refractivity contribution >= 4 is 46.2 Å². The monoisotopic (exact) mass is 437 g/mol. The Bertz CT molecular complexity index is 843. The fraction of sp³-hybridized carbons (Fsp3) is 0.400. The van der Waals surface area contributed by atoms with Gasteiger partial charge in [-0.1, -0.05) is 23.9 Å². The molecule has 1 aromatic carbocycles. The van der Waals surface area contributed by atoms with Crippen molar-refractivity contribution < 1.29 is 9.47 Å². The predicted octanol–water partition coefficient (Wildman–Crippen LogP) is 4.92. The lowest BCUT2D eigenvalue weighted by molar-refractivity contribution is 0.0602. The first-order valence-electron chi connectivity index (χ1n) is 9.14. The van der Waals surface area contributed by atoms with Crippen LogP contribution in [0.4, 0.5) is 0 Å². The van der Waals surface area contributed by atoms with E-state index in [4.69, 9.17) is 21.1 Å². The summed E-state index contributed by atoms with van der Waals surface area (Å²) in [5, 5.41) is 0.922. The minimum absolute atomic E-state index is 0.522. The van der Waals surface area contributed by atoms with Gasteiger partial charge in [0, 0.05) is 28.5 Å². The van der Waals surface area contributed by atoms with Crippen molar-refractivity contribution in [2.45, 2.75) is 22.7 Å². The molecule has 0 amide bonds. The van der Waals surface area contributed by atoms with E-state index in [1.807, 2.05) is 30.5 Å². The predicted molar refractivity (Wildman–Crippen MR) is 118 cm³/mol. The first kappa shape index (κ1) is 21.5. The molecule has 1 N–H and O–H groups in total. The highest BCUT2D eigenvalue weighted by atomic mass is 35.5. The van der Waals surface area contributed by atoms with E-state index in [2.05, 4.69) is 27.9 Å². The normalized spacial score (nSPS) is 11.4. The lowest BCUT2D eigenvalue weighted by Crippen LogP contribution is -2.07. The number of ether oxygens (including phenoxy) is 2. The van der Waals surface area contributed by atoms with E-state index in [1.165, 1.54) is 10.5 Å². The molecule has 2 heterocycles. The topological polar surface area (TPSA) is 60.0 Å². The highest BCUT2D eigenvalue weighted by Crippen LogP contribution is 2.28. The number of aromatic nitrogens is 3. The number of halogens is 1. The maximum Gasteiger partial charge on any atom is 0.166 e. The average Bonchev–Trinajstić information content (AvgIpc) is 3.13. The number of pyridine rings is 1. The van der Waals surface area contributed by atoms with Gasteiger partial charge >= 0.3 is 0 Å². The maximum absolute atomic E-state index is 5.59. The Kier molecular flexibility index (Phi) is 8.95. The second kappa shape index (κ2) is 11.7. The van der Waals surface area contributed by atoms with Crippen molar-refractivity contribution in [2.75, 3.05) is 38.1 Å². The Labute approximate surface area is 179 Å². The molecule has 8 heteroatoms. The number of aromatic amines is 1. The van der Waals surface area contributed by atoms with Crippen LogP contribution in [0.1, 0.15) is 11.3 Å². The fourth-order valence-corrected chi connectivity index (χ4v) is 4.51. The van der Waals surface area contributed by atoms with Gasteiger partial charge in [0.05, 0.1) is 43.2 Å². The van der Waals surface area contributed by atoms with Gasteiger partial charge in [0.25, 0.3) is 0 Å². The molecule has 0 bridgehead atoms. The van der Waals surface area contributed by atoms with E-state index in [0.717, 1.165) is 33.4 Å². The number of imidazole rings is 1. The SMILES string of the molecule is Cc1c(SCCOCCOCCCl)ccnc1CSc1nc2ccccc2[nH]1. The third-order valence-electron chi connectivity index (χ3n) is 4.05. The number of nitrogens with one attached hydrogen (secondary N) is 1.